The van der Waals surface area contributed by atoms with Crippen molar-refractivity contribution in [3.8, 4) is 0 Å². The van der Waals surface area contributed by atoms with Crippen LogP contribution in [-0.2, 0) is 31.6 Å². The van der Waals surface area contributed by atoms with Crippen molar-refractivity contribution in [2.24, 2.45) is 0 Å². The highest BCUT2D eigenvalue weighted by Gasteiger charge is 2.49. The van der Waals surface area contributed by atoms with E-state index in [0.29, 0.717) is 0 Å². The van der Waals surface area contributed by atoms with Crippen molar-refractivity contribution in [3.05, 3.63) is 6.33 Å². The first-order chi connectivity index (χ1) is 14.5. The van der Waals surface area contributed by atoms with Crippen LogP contribution >= 0.6 is 23.5 Å². The van der Waals surface area contributed by atoms with Gasteiger partial charge in [0.25, 0.3) is 0 Å². The van der Waals surface area contributed by atoms with E-state index in [1.807, 2.05) is 0 Å². The summed E-state index contributed by atoms with van der Waals surface area (Å²) in [6, 6.07) is 0. The maximum absolute atomic E-state index is 15.2. The number of hydrogen-bond donors (Lipinski definition) is 6. The van der Waals surface area contributed by atoms with Gasteiger partial charge in [-0.25, -0.2) is 23.1 Å². The molecule has 180 valence electrons. The van der Waals surface area contributed by atoms with Crippen molar-refractivity contribution in [1.29, 1.82) is 0 Å². The number of halogens is 1. The molecule has 3 rings (SSSR count). The van der Waals surface area contributed by atoms with E-state index in [1.165, 1.54) is 17.8 Å². The summed E-state index contributed by atoms with van der Waals surface area (Å²) in [5, 5.41) is 0. The predicted molar refractivity (Wildman–Crippen MR) is 102 cm³/mol. The number of nitrogens with two attached hydrogens (primary N) is 2. The lowest BCUT2D eigenvalue weighted by atomic mass is 10.0. The highest BCUT2D eigenvalue weighted by Crippen LogP contribution is 2.66. The Morgan fingerprint density at radius 2 is 1.88 bits per heavy atom. The molecule has 1 saturated heterocycles. The number of phosphoric ester groups is 1. The second-order valence-corrected chi connectivity index (χ2v) is 11.2. The molecule has 2 aromatic rings. The molecule has 5 atom stereocenters. The van der Waals surface area contributed by atoms with Gasteiger partial charge in [0.1, 0.15) is 5.52 Å². The second-order valence-electron chi connectivity index (χ2n) is 6.77. The number of phosphoric acid groups is 3. The Morgan fingerprint density at radius 1 is 1.22 bits per heavy atom. The van der Waals surface area contributed by atoms with Gasteiger partial charge in [-0.05, 0) is 6.92 Å². The predicted octanol–water partition coefficient (Wildman–Crippen LogP) is 0.350. The van der Waals surface area contributed by atoms with Crippen molar-refractivity contribution in [3.63, 3.8) is 0 Å². The van der Waals surface area contributed by atoms with Crippen molar-refractivity contribution in [2.45, 2.75) is 31.3 Å². The number of ether oxygens (including phenoxy) is 1. The minimum absolute atomic E-state index is 0.0472. The summed E-state index contributed by atoms with van der Waals surface area (Å²) in [4.78, 5) is 47.4. The fourth-order valence-electron chi connectivity index (χ4n) is 2.98. The topological polar surface area (TPSA) is 265 Å². The lowest BCUT2D eigenvalue weighted by Gasteiger charge is -2.22. The average molecular weight is 522 g/mol. The Labute approximate surface area is 178 Å². The summed E-state index contributed by atoms with van der Waals surface area (Å²) in [5.41, 5.74) is 9.39. The summed E-state index contributed by atoms with van der Waals surface area (Å²) < 4.78 is 67.4. The van der Waals surface area contributed by atoms with Gasteiger partial charge in [-0.2, -0.15) is 18.6 Å². The third kappa shape index (κ3) is 5.87. The highest BCUT2D eigenvalue weighted by atomic mass is 31.3. The summed E-state index contributed by atoms with van der Waals surface area (Å²) in [6.07, 6.45) is -1.71. The third-order valence-corrected chi connectivity index (χ3v) is 7.82. The Kier molecular flexibility index (Phi) is 6.54. The molecule has 2 aromatic heterocycles. The number of imidazole rings is 1. The van der Waals surface area contributed by atoms with Crippen LogP contribution in [0, 0.1) is 0 Å². The van der Waals surface area contributed by atoms with Crippen LogP contribution < -0.4 is 11.5 Å². The summed E-state index contributed by atoms with van der Waals surface area (Å²) >= 11 is 0. The van der Waals surface area contributed by atoms with E-state index >= 15 is 4.39 Å². The number of aromatic nitrogens is 4. The molecule has 0 amide bonds. The fourth-order valence-corrected chi connectivity index (χ4v) is 6.03. The molecule has 2 unspecified atom stereocenters. The normalized spacial score (nSPS) is 27.9. The highest BCUT2D eigenvalue weighted by molar-refractivity contribution is 7.66. The van der Waals surface area contributed by atoms with Crippen molar-refractivity contribution >= 4 is 46.4 Å². The van der Waals surface area contributed by atoms with Gasteiger partial charge in [0.15, 0.2) is 23.4 Å². The number of nitrogen functional groups attached to an aromatic ring is 2. The van der Waals surface area contributed by atoms with Crippen LogP contribution in [0.3, 0.4) is 0 Å². The molecule has 32 heavy (non-hydrogen) atoms. The number of nitrogens with zero attached hydrogens (tertiary/aromatic N) is 4. The zero-order valence-electron chi connectivity index (χ0n) is 16.0. The molecule has 3 heterocycles. The first-order valence-corrected chi connectivity index (χ1v) is 12.9. The van der Waals surface area contributed by atoms with Gasteiger partial charge in [-0.1, -0.05) is 0 Å². The van der Waals surface area contributed by atoms with Crippen LogP contribution in [0.25, 0.3) is 11.2 Å². The Morgan fingerprint density at radius 3 is 2.50 bits per heavy atom. The monoisotopic (exact) mass is 522 g/mol. The molecule has 0 bridgehead atoms. The molecule has 1 aliphatic heterocycles. The molecular weight excluding hydrogens is 504 g/mol. The quantitative estimate of drug-likeness (QED) is 0.255. The van der Waals surface area contributed by atoms with Crippen molar-refractivity contribution < 1.29 is 55.5 Å². The Balaban J connectivity index is 1.72. The fraction of sp³-hybridized carbons (Fsp3) is 0.545. The van der Waals surface area contributed by atoms with E-state index < -0.39 is 48.1 Å². The van der Waals surface area contributed by atoms with E-state index in [1.54, 1.807) is 0 Å². The lowest BCUT2D eigenvalue weighted by molar-refractivity contribution is -0.0559. The van der Waals surface area contributed by atoms with E-state index in [4.69, 9.17) is 30.9 Å². The molecule has 0 aromatic carbocycles. The van der Waals surface area contributed by atoms with Gasteiger partial charge in [0.05, 0.1) is 19.0 Å². The van der Waals surface area contributed by atoms with E-state index in [9.17, 15) is 18.6 Å². The van der Waals surface area contributed by atoms with Crippen LogP contribution in [0.5, 0.6) is 0 Å². The smallest absolute Gasteiger partial charge is 0.382 e. The molecule has 0 saturated carbocycles. The summed E-state index contributed by atoms with van der Waals surface area (Å²) in [6.45, 7) is 0.355. The standard InChI is InChI=1S/C11H18FN6O11P3/c1-11(12)2-5(3-26-31(22,23)29-32(24,25)28-30(19,20)21)27-9(11)18-4-15-6-7(13)16-10(14)17-8(6)18/h4-5,9H,2-3H2,1H3,(H,22,23)(H,24,25)(H2,19,20,21)(H4,13,14,16,17)/t5-,9+,11+/m0/s1. The van der Waals surface area contributed by atoms with E-state index in [-0.39, 0.29) is 29.4 Å². The number of rotatable bonds is 8. The summed E-state index contributed by atoms with van der Waals surface area (Å²) in [7, 11) is -16.6. The maximum atomic E-state index is 15.2. The Bertz CT molecular complexity index is 1170. The molecule has 0 radical (unpaired) electrons. The SMILES string of the molecule is C[C@@]1(F)C[C@@H](COP(=O)(O)OP(=O)(O)OP(=O)(O)O)O[C@H]1n1cnc2c(N)nc(N)nc21. The van der Waals surface area contributed by atoms with Crippen LogP contribution in [0.2, 0.25) is 0 Å². The van der Waals surface area contributed by atoms with Gasteiger partial charge >= 0.3 is 23.5 Å². The van der Waals surface area contributed by atoms with Gasteiger partial charge < -0.3 is 35.8 Å². The van der Waals surface area contributed by atoms with E-state index in [2.05, 4.69) is 28.1 Å². The molecule has 0 aliphatic carbocycles. The number of fused-ring (bicyclic) bond motifs is 1. The van der Waals surface area contributed by atoms with Crippen molar-refractivity contribution in [1.82, 2.24) is 19.5 Å². The molecule has 21 heteroatoms. The number of anilines is 2. The molecule has 8 N–H and O–H groups in total. The minimum Gasteiger partial charge on any atom is -0.382 e. The molecule has 0 spiro atoms. The van der Waals surface area contributed by atoms with Crippen LogP contribution in [0.1, 0.15) is 19.6 Å². The first kappa shape index (κ1) is 25.1. The van der Waals surface area contributed by atoms with Crippen LogP contribution in [0.4, 0.5) is 16.2 Å². The third-order valence-electron chi connectivity index (χ3n) is 4.02. The van der Waals surface area contributed by atoms with Crippen molar-refractivity contribution in [2.75, 3.05) is 18.1 Å². The first-order valence-electron chi connectivity index (χ1n) is 8.36. The summed E-state index contributed by atoms with van der Waals surface area (Å²) in [5.74, 6) is -0.242. The van der Waals surface area contributed by atoms with Gasteiger partial charge in [-0.15, -0.1) is 0 Å². The second kappa shape index (κ2) is 8.34. The van der Waals surface area contributed by atoms with E-state index in [0.717, 1.165) is 0 Å². The van der Waals surface area contributed by atoms with Gasteiger partial charge in [0, 0.05) is 6.42 Å². The zero-order valence-corrected chi connectivity index (χ0v) is 18.6. The molecule has 17 nitrogen and oxygen atoms in total. The molecule has 1 fully saturated rings. The minimum atomic E-state index is -5.68. The lowest BCUT2D eigenvalue weighted by Crippen LogP contribution is -2.27. The largest absolute Gasteiger partial charge is 0.490 e. The van der Waals surface area contributed by atoms with Gasteiger partial charge in [-0.3, -0.25) is 9.09 Å². The number of hydrogen-bond acceptors (Lipinski definition) is 12. The maximum Gasteiger partial charge on any atom is 0.490 e. The Hall–Kier alpha value is -1.55. The molecule has 1 aliphatic rings. The van der Waals surface area contributed by atoms with Gasteiger partial charge in [0.2, 0.25) is 5.95 Å². The van der Waals surface area contributed by atoms with Crippen LogP contribution in [-0.4, -0.2) is 57.5 Å². The average Bonchev–Trinajstić information content (AvgIpc) is 3.09. The number of alkyl halides is 1. The zero-order chi connectivity index (χ0) is 24.1. The van der Waals surface area contributed by atoms with Crippen LogP contribution in [0.15, 0.2) is 6.33 Å². The molecular formula is C11H18FN6O11P3.